The Morgan fingerprint density at radius 2 is 1.90 bits per heavy atom. The minimum absolute atomic E-state index is 0.0435. The third kappa shape index (κ3) is 4.92. The number of nitrogens with zero attached hydrogens (tertiary/aromatic N) is 4. The van der Waals surface area contributed by atoms with Crippen LogP contribution in [0.25, 0.3) is 0 Å². The molecule has 1 aliphatic heterocycles. The third-order valence-corrected chi connectivity index (χ3v) is 6.30. The van der Waals surface area contributed by atoms with Gasteiger partial charge in [-0.2, -0.15) is 0 Å². The molecule has 2 aromatic heterocycles. The van der Waals surface area contributed by atoms with E-state index in [-0.39, 0.29) is 5.91 Å². The number of aromatic nitrogens is 3. The van der Waals surface area contributed by atoms with Crippen LogP contribution in [0.5, 0.6) is 0 Å². The van der Waals surface area contributed by atoms with Gasteiger partial charge in [0, 0.05) is 60.9 Å². The average Bonchev–Trinajstić information content (AvgIpc) is 3.24. The molecular weight excluding hydrogens is 382 g/mol. The van der Waals surface area contributed by atoms with Crippen LogP contribution in [0.1, 0.15) is 37.3 Å². The summed E-state index contributed by atoms with van der Waals surface area (Å²) in [5.74, 6) is 1.96. The third-order valence-electron chi connectivity index (χ3n) is 5.32. The van der Waals surface area contributed by atoms with Crippen molar-refractivity contribution in [1.29, 1.82) is 0 Å². The summed E-state index contributed by atoms with van der Waals surface area (Å²) in [5, 5.41) is 11.8. The first-order valence-corrected chi connectivity index (χ1v) is 10.9. The molecule has 3 heterocycles. The van der Waals surface area contributed by atoms with Gasteiger partial charge in [0.1, 0.15) is 11.6 Å². The number of amides is 1. The molecule has 1 aromatic carbocycles. The first-order valence-electron chi connectivity index (χ1n) is 10.1. The van der Waals surface area contributed by atoms with E-state index < -0.39 is 0 Å². The van der Waals surface area contributed by atoms with Crippen LogP contribution in [0.2, 0.25) is 0 Å². The van der Waals surface area contributed by atoms with Crippen molar-refractivity contribution in [3.63, 3.8) is 0 Å². The molecule has 0 aliphatic carbocycles. The fourth-order valence-electron chi connectivity index (χ4n) is 3.66. The van der Waals surface area contributed by atoms with Crippen molar-refractivity contribution in [3.8, 4) is 0 Å². The van der Waals surface area contributed by atoms with Crippen LogP contribution in [0.15, 0.2) is 36.4 Å². The number of aryl methyl sites for hydroxylation is 2. The van der Waals surface area contributed by atoms with Crippen LogP contribution < -0.4 is 5.32 Å². The Balaban J connectivity index is 1.31. The lowest BCUT2D eigenvalue weighted by Gasteiger charge is -2.18. The minimum atomic E-state index is -0.0435. The summed E-state index contributed by atoms with van der Waals surface area (Å²) in [6.07, 6.45) is 1.60. The van der Waals surface area contributed by atoms with Gasteiger partial charge in [0.15, 0.2) is 0 Å². The Morgan fingerprint density at radius 3 is 2.66 bits per heavy atom. The van der Waals surface area contributed by atoms with E-state index >= 15 is 0 Å². The second-order valence-corrected chi connectivity index (χ2v) is 8.97. The molecule has 1 N–H and O–H groups in total. The number of hydrogen-bond donors (Lipinski definition) is 1. The summed E-state index contributed by atoms with van der Waals surface area (Å²) in [6.45, 7) is 8.61. The largest absolute Gasteiger partial charge is 0.352 e. The number of fused-ring (bicyclic) bond motifs is 1. The van der Waals surface area contributed by atoms with Crippen LogP contribution in [-0.2, 0) is 25.9 Å². The summed E-state index contributed by atoms with van der Waals surface area (Å²) in [6, 6.07) is 12.0. The fourth-order valence-corrected chi connectivity index (χ4v) is 4.59. The van der Waals surface area contributed by atoms with Crippen LogP contribution in [0, 0.1) is 13.8 Å². The van der Waals surface area contributed by atoms with Gasteiger partial charge in [0.2, 0.25) is 0 Å². The molecule has 6 nitrogen and oxygen atoms in total. The highest BCUT2D eigenvalue weighted by Gasteiger charge is 2.19. The molecule has 0 fully saturated rings. The average molecular weight is 410 g/mol. The minimum Gasteiger partial charge on any atom is -0.352 e. The first kappa shape index (κ1) is 19.8. The predicted octanol–water partition coefficient (Wildman–Crippen LogP) is 2.99. The molecule has 0 radical (unpaired) electrons. The Bertz CT molecular complexity index is 976. The molecule has 0 saturated carbocycles. The van der Waals surface area contributed by atoms with Crippen molar-refractivity contribution in [2.75, 3.05) is 19.6 Å². The molecule has 0 spiro atoms. The number of benzene rings is 1. The Labute approximate surface area is 175 Å². The van der Waals surface area contributed by atoms with Gasteiger partial charge >= 0.3 is 0 Å². The molecule has 29 heavy (non-hydrogen) atoms. The Kier molecular flexibility index (Phi) is 6.06. The zero-order valence-electron chi connectivity index (χ0n) is 17.0. The summed E-state index contributed by atoms with van der Waals surface area (Å²) < 4.78 is 2.23. The van der Waals surface area contributed by atoms with Gasteiger partial charge in [0.05, 0.1) is 0 Å². The van der Waals surface area contributed by atoms with Crippen molar-refractivity contribution < 1.29 is 4.79 Å². The number of carbonyl (C=O) groups excluding carboxylic acids is 1. The summed E-state index contributed by atoms with van der Waals surface area (Å²) in [7, 11) is 0. The lowest BCUT2D eigenvalue weighted by Crippen LogP contribution is -2.27. The summed E-state index contributed by atoms with van der Waals surface area (Å²) >= 11 is 1.87. The second-order valence-electron chi connectivity index (χ2n) is 7.59. The summed E-state index contributed by atoms with van der Waals surface area (Å²) in [5.41, 5.74) is 1.84. The molecule has 4 rings (SSSR count). The first-order chi connectivity index (χ1) is 14.1. The van der Waals surface area contributed by atoms with Gasteiger partial charge in [-0.3, -0.25) is 9.69 Å². The zero-order chi connectivity index (χ0) is 20.2. The molecule has 1 aliphatic rings. The molecule has 1 amide bonds. The maximum atomic E-state index is 12.3. The molecule has 0 atom stereocenters. The van der Waals surface area contributed by atoms with Gasteiger partial charge < -0.3 is 9.88 Å². The molecular formula is C22H27N5OS. The molecule has 152 valence electrons. The number of rotatable bonds is 6. The molecule has 3 aromatic rings. The van der Waals surface area contributed by atoms with E-state index in [0.29, 0.717) is 18.5 Å². The number of hydrogen-bond acceptors (Lipinski definition) is 5. The maximum Gasteiger partial charge on any atom is 0.251 e. The highest BCUT2D eigenvalue weighted by atomic mass is 32.1. The second kappa shape index (κ2) is 8.88. The van der Waals surface area contributed by atoms with E-state index in [0.717, 1.165) is 49.8 Å². The maximum absolute atomic E-state index is 12.3. The quantitative estimate of drug-likeness (QED) is 0.680. The Hall–Kier alpha value is -2.51. The van der Waals surface area contributed by atoms with E-state index in [1.54, 1.807) is 0 Å². The van der Waals surface area contributed by atoms with Crippen LogP contribution in [0.3, 0.4) is 0 Å². The monoisotopic (exact) mass is 409 g/mol. The number of carbonyl (C=O) groups is 1. The number of thiophene rings is 1. The van der Waals surface area contributed by atoms with Crippen LogP contribution in [0.4, 0.5) is 0 Å². The summed E-state index contributed by atoms with van der Waals surface area (Å²) in [4.78, 5) is 17.6. The highest BCUT2D eigenvalue weighted by Crippen LogP contribution is 2.19. The van der Waals surface area contributed by atoms with Gasteiger partial charge in [0.25, 0.3) is 5.91 Å². The van der Waals surface area contributed by atoms with Gasteiger partial charge in [-0.05, 0) is 38.1 Å². The van der Waals surface area contributed by atoms with Crippen molar-refractivity contribution in [1.82, 2.24) is 25.0 Å². The number of nitrogens with one attached hydrogen (secondary N) is 1. The van der Waals surface area contributed by atoms with E-state index in [1.165, 1.54) is 9.75 Å². The lowest BCUT2D eigenvalue weighted by molar-refractivity contribution is 0.0954. The van der Waals surface area contributed by atoms with E-state index in [1.807, 2.05) is 42.5 Å². The van der Waals surface area contributed by atoms with Crippen LogP contribution in [-0.4, -0.2) is 45.2 Å². The molecule has 0 unspecified atom stereocenters. The normalized spacial score (nSPS) is 14.4. The van der Waals surface area contributed by atoms with Crippen LogP contribution >= 0.6 is 11.3 Å². The van der Waals surface area contributed by atoms with Gasteiger partial charge in [-0.25, -0.2) is 0 Å². The van der Waals surface area contributed by atoms with E-state index in [4.69, 9.17) is 0 Å². The molecule has 0 bridgehead atoms. The molecule has 0 saturated heterocycles. The molecule has 7 heteroatoms. The van der Waals surface area contributed by atoms with Crippen molar-refractivity contribution in [3.05, 3.63) is 68.9 Å². The van der Waals surface area contributed by atoms with Crippen molar-refractivity contribution in [2.24, 2.45) is 0 Å². The van der Waals surface area contributed by atoms with Crippen molar-refractivity contribution in [2.45, 2.75) is 39.8 Å². The standard InChI is InChI=1S/C22H27N5OS/c1-16-3-6-18(7-4-16)22(28)23-11-9-20-24-25-21-10-12-26(13-14-27(20)21)15-19-8-5-17(2)29-19/h3-8H,9-15H2,1-2H3,(H,23,28). The smallest absolute Gasteiger partial charge is 0.251 e. The predicted molar refractivity (Wildman–Crippen MR) is 115 cm³/mol. The van der Waals surface area contributed by atoms with Gasteiger partial charge in [-0.15, -0.1) is 21.5 Å². The lowest BCUT2D eigenvalue weighted by atomic mass is 10.1. The topological polar surface area (TPSA) is 63.1 Å². The van der Waals surface area contributed by atoms with E-state index in [2.05, 4.69) is 44.0 Å². The SMILES string of the molecule is Cc1ccc(C(=O)NCCc2nnc3n2CCN(Cc2ccc(C)s2)CC3)cc1. The van der Waals surface area contributed by atoms with Gasteiger partial charge in [-0.1, -0.05) is 17.7 Å². The zero-order valence-corrected chi connectivity index (χ0v) is 17.8. The highest BCUT2D eigenvalue weighted by molar-refractivity contribution is 7.11. The fraction of sp³-hybridized carbons (Fsp3) is 0.409. The van der Waals surface area contributed by atoms with E-state index in [9.17, 15) is 4.79 Å². The van der Waals surface area contributed by atoms with Crippen molar-refractivity contribution >= 4 is 17.2 Å². The Morgan fingerprint density at radius 1 is 1.07 bits per heavy atom.